The monoisotopic (exact) mass is 364 g/mol. The molecule has 0 radical (unpaired) electrons. The van der Waals surface area contributed by atoms with Crippen LogP contribution in [0.4, 0.5) is 0 Å². The molecular weight excluding hydrogens is 336 g/mol. The third-order valence-electron chi connectivity index (χ3n) is 4.80. The van der Waals surface area contributed by atoms with Crippen molar-refractivity contribution in [3.05, 3.63) is 0 Å². The standard InChI is InChI=1S/C15H28N2O6S/c1-3-23-14(18)15(6-11-21-2)4-7-16(8-5-15)24(19,20)17-9-12-22-13-10-17/h3-13H2,1-2H3. The first-order valence-electron chi connectivity index (χ1n) is 8.45. The summed E-state index contributed by atoms with van der Waals surface area (Å²) in [7, 11) is -1.90. The van der Waals surface area contributed by atoms with Gasteiger partial charge < -0.3 is 14.2 Å². The van der Waals surface area contributed by atoms with Crippen LogP contribution in [0.5, 0.6) is 0 Å². The number of nitrogens with zero attached hydrogens (tertiary/aromatic N) is 2. The minimum Gasteiger partial charge on any atom is -0.466 e. The van der Waals surface area contributed by atoms with E-state index in [9.17, 15) is 13.2 Å². The summed E-state index contributed by atoms with van der Waals surface area (Å²) >= 11 is 0. The first-order valence-corrected chi connectivity index (χ1v) is 9.85. The maximum Gasteiger partial charge on any atom is 0.312 e. The van der Waals surface area contributed by atoms with Gasteiger partial charge in [0.15, 0.2) is 0 Å². The van der Waals surface area contributed by atoms with E-state index < -0.39 is 15.6 Å². The van der Waals surface area contributed by atoms with Crippen molar-refractivity contribution in [1.29, 1.82) is 0 Å². The lowest BCUT2D eigenvalue weighted by atomic mass is 9.76. The van der Waals surface area contributed by atoms with Gasteiger partial charge >= 0.3 is 5.97 Å². The minimum absolute atomic E-state index is 0.245. The van der Waals surface area contributed by atoms with Crippen LogP contribution < -0.4 is 0 Å². The Hall–Kier alpha value is -0.740. The summed E-state index contributed by atoms with van der Waals surface area (Å²) in [4.78, 5) is 12.4. The molecule has 9 heteroatoms. The first-order chi connectivity index (χ1) is 11.5. The number of morpholine rings is 1. The molecule has 0 bridgehead atoms. The fourth-order valence-corrected chi connectivity index (χ4v) is 4.80. The second kappa shape index (κ2) is 8.57. The molecule has 140 valence electrons. The Labute approximate surface area is 144 Å². The van der Waals surface area contributed by atoms with Crippen LogP contribution in [0.2, 0.25) is 0 Å². The third kappa shape index (κ3) is 4.26. The van der Waals surface area contributed by atoms with Crippen molar-refractivity contribution in [3.8, 4) is 0 Å². The van der Waals surface area contributed by atoms with Crippen LogP contribution in [-0.4, -0.2) is 82.7 Å². The topological polar surface area (TPSA) is 85.4 Å². The van der Waals surface area contributed by atoms with Gasteiger partial charge in [-0.1, -0.05) is 0 Å². The molecule has 0 amide bonds. The maximum atomic E-state index is 12.7. The van der Waals surface area contributed by atoms with Gasteiger partial charge in [0.1, 0.15) is 0 Å². The summed E-state index contributed by atoms with van der Waals surface area (Å²) in [5.41, 5.74) is -0.650. The van der Waals surface area contributed by atoms with Crippen LogP contribution >= 0.6 is 0 Å². The van der Waals surface area contributed by atoms with Crippen LogP contribution in [0.1, 0.15) is 26.2 Å². The number of esters is 1. The molecule has 0 saturated carbocycles. The molecule has 0 aromatic heterocycles. The van der Waals surface area contributed by atoms with E-state index in [1.807, 2.05) is 0 Å². The van der Waals surface area contributed by atoms with Gasteiger partial charge in [-0.2, -0.15) is 17.0 Å². The molecule has 0 aliphatic carbocycles. The summed E-state index contributed by atoms with van der Waals surface area (Å²) in [6, 6.07) is 0. The first kappa shape index (κ1) is 19.6. The van der Waals surface area contributed by atoms with Crippen LogP contribution in [0.15, 0.2) is 0 Å². The number of methoxy groups -OCH3 is 1. The van der Waals surface area contributed by atoms with E-state index >= 15 is 0 Å². The van der Waals surface area contributed by atoms with Crippen molar-refractivity contribution >= 4 is 16.2 Å². The average molecular weight is 364 g/mol. The molecule has 24 heavy (non-hydrogen) atoms. The van der Waals surface area contributed by atoms with Gasteiger partial charge in [0.05, 0.1) is 25.2 Å². The largest absolute Gasteiger partial charge is 0.466 e. The zero-order chi connectivity index (χ0) is 17.6. The predicted molar refractivity (Wildman–Crippen MR) is 87.7 cm³/mol. The summed E-state index contributed by atoms with van der Waals surface area (Å²) in [5.74, 6) is -0.245. The van der Waals surface area contributed by atoms with E-state index in [0.717, 1.165) is 0 Å². The highest BCUT2D eigenvalue weighted by molar-refractivity contribution is 7.86. The highest BCUT2D eigenvalue weighted by Crippen LogP contribution is 2.37. The van der Waals surface area contributed by atoms with E-state index in [1.165, 1.54) is 8.61 Å². The van der Waals surface area contributed by atoms with Crippen molar-refractivity contribution in [3.63, 3.8) is 0 Å². The molecule has 2 aliphatic rings. The molecule has 0 spiro atoms. The smallest absolute Gasteiger partial charge is 0.312 e. The average Bonchev–Trinajstić information content (AvgIpc) is 2.61. The molecule has 2 saturated heterocycles. The van der Waals surface area contributed by atoms with E-state index in [0.29, 0.717) is 71.9 Å². The van der Waals surface area contributed by atoms with Gasteiger partial charge in [-0.15, -0.1) is 0 Å². The molecule has 0 aromatic carbocycles. The number of carbonyl (C=O) groups is 1. The van der Waals surface area contributed by atoms with Gasteiger partial charge in [-0.05, 0) is 26.2 Å². The lowest BCUT2D eigenvalue weighted by molar-refractivity contribution is -0.159. The van der Waals surface area contributed by atoms with E-state index in [1.54, 1.807) is 14.0 Å². The summed E-state index contributed by atoms with van der Waals surface area (Å²) in [5, 5.41) is 0. The number of piperidine rings is 1. The summed E-state index contributed by atoms with van der Waals surface area (Å²) in [6.07, 6.45) is 1.46. The molecule has 0 unspecified atom stereocenters. The normalized spacial score (nSPS) is 23.1. The van der Waals surface area contributed by atoms with Crippen molar-refractivity contribution in [1.82, 2.24) is 8.61 Å². The quantitative estimate of drug-likeness (QED) is 0.602. The van der Waals surface area contributed by atoms with Gasteiger partial charge in [0.25, 0.3) is 10.2 Å². The molecule has 2 fully saturated rings. The lowest BCUT2D eigenvalue weighted by Gasteiger charge is -2.41. The second-order valence-corrected chi connectivity index (χ2v) is 8.09. The minimum atomic E-state index is -3.49. The predicted octanol–water partition coefficient (Wildman–Crippen LogP) is 0.245. The summed E-state index contributed by atoms with van der Waals surface area (Å²) < 4.78 is 43.9. The van der Waals surface area contributed by atoms with Crippen molar-refractivity contribution in [2.24, 2.45) is 5.41 Å². The number of hydrogen-bond acceptors (Lipinski definition) is 6. The third-order valence-corrected chi connectivity index (χ3v) is 6.83. The molecule has 0 aromatic rings. The van der Waals surface area contributed by atoms with Gasteiger partial charge in [0, 0.05) is 39.9 Å². The van der Waals surface area contributed by atoms with E-state index in [4.69, 9.17) is 14.2 Å². The number of hydrogen-bond donors (Lipinski definition) is 0. The second-order valence-electron chi connectivity index (χ2n) is 6.16. The Balaban J connectivity index is 2.04. The van der Waals surface area contributed by atoms with Crippen molar-refractivity contribution in [2.75, 3.05) is 59.7 Å². The van der Waals surface area contributed by atoms with Gasteiger partial charge in [-0.3, -0.25) is 4.79 Å². The van der Waals surface area contributed by atoms with Crippen LogP contribution in [0.25, 0.3) is 0 Å². The highest BCUT2D eigenvalue weighted by atomic mass is 32.2. The van der Waals surface area contributed by atoms with Crippen molar-refractivity contribution in [2.45, 2.75) is 26.2 Å². The van der Waals surface area contributed by atoms with E-state index in [2.05, 4.69) is 0 Å². The maximum absolute atomic E-state index is 12.7. The van der Waals surface area contributed by atoms with Crippen LogP contribution in [0.3, 0.4) is 0 Å². The Morgan fingerprint density at radius 2 is 1.71 bits per heavy atom. The molecule has 8 nitrogen and oxygen atoms in total. The summed E-state index contributed by atoms with van der Waals surface area (Å²) in [6.45, 7) is 4.81. The van der Waals surface area contributed by atoms with E-state index in [-0.39, 0.29) is 5.97 Å². The highest BCUT2D eigenvalue weighted by Gasteiger charge is 2.45. The van der Waals surface area contributed by atoms with Crippen molar-refractivity contribution < 1.29 is 27.4 Å². The Bertz CT molecular complexity index is 510. The lowest BCUT2D eigenvalue weighted by Crippen LogP contribution is -2.53. The number of ether oxygens (including phenoxy) is 3. The number of rotatable bonds is 7. The molecule has 2 rings (SSSR count). The fourth-order valence-electron chi connectivity index (χ4n) is 3.22. The zero-order valence-corrected chi connectivity index (χ0v) is 15.3. The molecule has 0 N–H and O–H groups in total. The molecule has 2 heterocycles. The Morgan fingerprint density at radius 1 is 1.12 bits per heavy atom. The van der Waals surface area contributed by atoms with Gasteiger partial charge in [0.2, 0.25) is 0 Å². The van der Waals surface area contributed by atoms with Gasteiger partial charge in [-0.25, -0.2) is 0 Å². The van der Waals surface area contributed by atoms with Crippen LogP contribution in [0, 0.1) is 5.41 Å². The fraction of sp³-hybridized carbons (Fsp3) is 0.933. The SMILES string of the molecule is CCOC(=O)C1(CCOC)CCN(S(=O)(=O)N2CCOCC2)CC1. The zero-order valence-electron chi connectivity index (χ0n) is 14.5. The Morgan fingerprint density at radius 3 is 2.25 bits per heavy atom. The Kier molecular flexibility index (Phi) is 6.99. The molecule has 0 atom stereocenters. The molecule has 2 aliphatic heterocycles. The molecular formula is C15H28N2O6S. The number of carbonyl (C=O) groups excluding carboxylic acids is 1. The van der Waals surface area contributed by atoms with Crippen LogP contribution in [-0.2, 0) is 29.2 Å².